The number of piperidine rings is 1. The van der Waals surface area contributed by atoms with Gasteiger partial charge in [-0.1, -0.05) is 23.2 Å². The standard InChI is InChI=1S/C16H18Cl2N2O2/c1-9-2-3-10(8-21)7-20(9)16(22)15-14(18)12-6-11(17)4-5-13(12)19-15/h4-6,9-10,19,21H,2-3,7-8H2,1H3. The van der Waals surface area contributed by atoms with Gasteiger partial charge in [-0.25, -0.2) is 0 Å². The second kappa shape index (κ2) is 6.11. The molecule has 1 aliphatic rings. The number of rotatable bonds is 2. The molecule has 1 amide bonds. The van der Waals surface area contributed by atoms with E-state index in [4.69, 9.17) is 23.2 Å². The molecule has 2 N–H and O–H groups in total. The van der Waals surface area contributed by atoms with Gasteiger partial charge in [-0.2, -0.15) is 0 Å². The number of aliphatic hydroxyl groups excluding tert-OH is 1. The van der Waals surface area contributed by atoms with Gasteiger partial charge in [0.05, 0.1) is 5.02 Å². The van der Waals surface area contributed by atoms with Gasteiger partial charge in [-0.05, 0) is 43.9 Å². The number of aromatic amines is 1. The van der Waals surface area contributed by atoms with E-state index in [1.54, 1.807) is 17.0 Å². The molecule has 2 aromatic rings. The van der Waals surface area contributed by atoms with E-state index in [9.17, 15) is 9.90 Å². The lowest BCUT2D eigenvalue weighted by Crippen LogP contribution is -2.46. The van der Waals surface area contributed by atoms with Crippen LogP contribution in [0.5, 0.6) is 0 Å². The Morgan fingerprint density at radius 1 is 1.41 bits per heavy atom. The molecule has 4 nitrogen and oxygen atoms in total. The number of hydrogen-bond donors (Lipinski definition) is 2. The minimum absolute atomic E-state index is 0.104. The molecule has 2 heterocycles. The van der Waals surface area contributed by atoms with Crippen molar-refractivity contribution in [2.75, 3.05) is 13.2 Å². The van der Waals surface area contributed by atoms with E-state index in [1.807, 2.05) is 13.0 Å². The van der Waals surface area contributed by atoms with Crippen molar-refractivity contribution >= 4 is 40.0 Å². The van der Waals surface area contributed by atoms with Gasteiger partial charge < -0.3 is 15.0 Å². The topological polar surface area (TPSA) is 56.3 Å². The zero-order valence-corrected chi connectivity index (χ0v) is 13.8. The number of aliphatic hydroxyl groups is 1. The second-order valence-corrected chi connectivity index (χ2v) is 6.75. The monoisotopic (exact) mass is 340 g/mol. The van der Waals surface area contributed by atoms with Crippen molar-refractivity contribution in [3.8, 4) is 0 Å². The summed E-state index contributed by atoms with van der Waals surface area (Å²) in [4.78, 5) is 17.7. The molecule has 1 saturated heterocycles. The number of halogens is 2. The van der Waals surface area contributed by atoms with Crippen LogP contribution in [-0.2, 0) is 0 Å². The molecule has 118 valence electrons. The quantitative estimate of drug-likeness (QED) is 0.875. The van der Waals surface area contributed by atoms with E-state index < -0.39 is 0 Å². The first-order valence-corrected chi connectivity index (χ1v) is 8.15. The number of carbonyl (C=O) groups is 1. The summed E-state index contributed by atoms with van der Waals surface area (Å²) in [5, 5.41) is 11.1. The summed E-state index contributed by atoms with van der Waals surface area (Å²) in [6.45, 7) is 2.69. The minimum atomic E-state index is -0.122. The number of benzene rings is 1. The number of hydrogen-bond acceptors (Lipinski definition) is 2. The first-order chi connectivity index (χ1) is 10.5. The molecule has 1 fully saturated rings. The molecule has 3 rings (SSSR count). The first kappa shape index (κ1) is 15.7. The van der Waals surface area contributed by atoms with Crippen molar-refractivity contribution in [3.63, 3.8) is 0 Å². The lowest BCUT2D eigenvalue weighted by molar-refractivity contribution is 0.0484. The van der Waals surface area contributed by atoms with Crippen molar-refractivity contribution < 1.29 is 9.90 Å². The highest BCUT2D eigenvalue weighted by Gasteiger charge is 2.31. The maximum atomic E-state index is 12.8. The molecule has 0 aliphatic carbocycles. The van der Waals surface area contributed by atoms with E-state index in [0.29, 0.717) is 22.3 Å². The van der Waals surface area contributed by atoms with E-state index >= 15 is 0 Å². The first-order valence-electron chi connectivity index (χ1n) is 7.39. The molecule has 0 saturated carbocycles. The molecule has 0 radical (unpaired) electrons. The molecule has 2 atom stereocenters. The van der Waals surface area contributed by atoms with Gasteiger partial charge in [0, 0.05) is 35.1 Å². The molecule has 1 aromatic carbocycles. The molecule has 0 bridgehead atoms. The fourth-order valence-electron chi connectivity index (χ4n) is 3.04. The molecule has 1 aromatic heterocycles. The molecule has 2 unspecified atom stereocenters. The Labute approximate surface area is 139 Å². The van der Waals surface area contributed by atoms with Crippen LogP contribution in [0.25, 0.3) is 10.9 Å². The zero-order chi connectivity index (χ0) is 15.9. The van der Waals surface area contributed by atoms with Gasteiger partial charge in [0.15, 0.2) is 0 Å². The van der Waals surface area contributed by atoms with Crippen LogP contribution >= 0.6 is 23.2 Å². The van der Waals surface area contributed by atoms with Gasteiger partial charge >= 0.3 is 0 Å². The van der Waals surface area contributed by atoms with Crippen LogP contribution in [0.4, 0.5) is 0 Å². The Morgan fingerprint density at radius 3 is 2.91 bits per heavy atom. The highest BCUT2D eigenvalue weighted by molar-refractivity contribution is 6.39. The molecule has 6 heteroatoms. The molecular formula is C16H18Cl2N2O2. The Balaban J connectivity index is 1.96. The van der Waals surface area contributed by atoms with E-state index in [2.05, 4.69) is 4.98 Å². The number of fused-ring (bicyclic) bond motifs is 1. The normalized spacial score (nSPS) is 22.3. The summed E-state index contributed by atoms with van der Waals surface area (Å²) >= 11 is 12.4. The van der Waals surface area contributed by atoms with Gasteiger partial charge in [-0.3, -0.25) is 4.79 Å². The maximum absolute atomic E-state index is 12.8. The fraction of sp³-hybridized carbons (Fsp3) is 0.438. The number of nitrogens with one attached hydrogen (secondary N) is 1. The zero-order valence-electron chi connectivity index (χ0n) is 12.3. The van der Waals surface area contributed by atoms with Gasteiger partial charge in [0.1, 0.15) is 5.69 Å². The number of carbonyl (C=O) groups excluding carboxylic acids is 1. The summed E-state index contributed by atoms with van der Waals surface area (Å²) in [5.74, 6) is 0.0146. The smallest absolute Gasteiger partial charge is 0.272 e. The number of nitrogens with zero attached hydrogens (tertiary/aromatic N) is 1. The molecular weight excluding hydrogens is 323 g/mol. The largest absolute Gasteiger partial charge is 0.396 e. The van der Waals surface area contributed by atoms with Crippen LogP contribution < -0.4 is 0 Å². The Bertz CT molecular complexity index is 713. The van der Waals surface area contributed by atoms with Crippen LogP contribution in [0.1, 0.15) is 30.3 Å². The third-order valence-electron chi connectivity index (χ3n) is 4.41. The SMILES string of the molecule is CC1CCC(CO)CN1C(=O)c1[nH]c2ccc(Cl)cc2c1Cl. The Kier molecular flexibility index (Phi) is 4.35. The van der Waals surface area contributed by atoms with Crippen LogP contribution in [-0.4, -0.2) is 40.1 Å². The lowest BCUT2D eigenvalue weighted by Gasteiger charge is -2.37. The maximum Gasteiger partial charge on any atom is 0.272 e. The van der Waals surface area contributed by atoms with Crippen LogP contribution in [0.2, 0.25) is 10.0 Å². The van der Waals surface area contributed by atoms with Crippen LogP contribution in [0.3, 0.4) is 0 Å². The van der Waals surface area contributed by atoms with Gasteiger partial charge in [0.2, 0.25) is 0 Å². The van der Waals surface area contributed by atoms with Crippen molar-refractivity contribution in [2.24, 2.45) is 5.92 Å². The van der Waals surface area contributed by atoms with Crippen molar-refractivity contribution in [1.82, 2.24) is 9.88 Å². The van der Waals surface area contributed by atoms with Crippen LogP contribution in [0.15, 0.2) is 18.2 Å². The average Bonchev–Trinajstić information content (AvgIpc) is 2.84. The summed E-state index contributed by atoms with van der Waals surface area (Å²) in [7, 11) is 0. The second-order valence-electron chi connectivity index (χ2n) is 5.94. The summed E-state index contributed by atoms with van der Waals surface area (Å²) in [6, 6.07) is 5.47. The van der Waals surface area contributed by atoms with Gasteiger partial charge in [0.25, 0.3) is 5.91 Å². The van der Waals surface area contributed by atoms with Gasteiger partial charge in [-0.15, -0.1) is 0 Å². The average molecular weight is 341 g/mol. The summed E-state index contributed by atoms with van der Waals surface area (Å²) in [5.41, 5.74) is 1.19. The Morgan fingerprint density at radius 2 is 2.18 bits per heavy atom. The molecule has 0 spiro atoms. The lowest BCUT2D eigenvalue weighted by atomic mass is 9.94. The minimum Gasteiger partial charge on any atom is -0.396 e. The molecule has 1 aliphatic heterocycles. The highest BCUT2D eigenvalue weighted by Crippen LogP contribution is 2.32. The van der Waals surface area contributed by atoms with E-state index in [1.165, 1.54) is 0 Å². The third-order valence-corrected chi connectivity index (χ3v) is 5.04. The van der Waals surface area contributed by atoms with Crippen molar-refractivity contribution in [1.29, 1.82) is 0 Å². The number of amides is 1. The van der Waals surface area contributed by atoms with E-state index in [-0.39, 0.29) is 24.5 Å². The predicted molar refractivity (Wildman–Crippen MR) is 88.6 cm³/mol. The summed E-state index contributed by atoms with van der Waals surface area (Å²) < 4.78 is 0. The van der Waals surface area contributed by atoms with Crippen molar-refractivity contribution in [3.05, 3.63) is 33.9 Å². The van der Waals surface area contributed by atoms with E-state index in [0.717, 1.165) is 23.7 Å². The Hall–Kier alpha value is -1.23. The van der Waals surface area contributed by atoms with Crippen molar-refractivity contribution in [2.45, 2.75) is 25.8 Å². The number of likely N-dealkylation sites (tertiary alicyclic amines) is 1. The molecule has 22 heavy (non-hydrogen) atoms. The number of H-pyrrole nitrogens is 1. The highest BCUT2D eigenvalue weighted by atomic mass is 35.5. The fourth-order valence-corrected chi connectivity index (χ4v) is 3.49. The summed E-state index contributed by atoms with van der Waals surface area (Å²) in [6.07, 6.45) is 1.83. The van der Waals surface area contributed by atoms with Crippen LogP contribution in [0, 0.1) is 5.92 Å². The predicted octanol–water partition coefficient (Wildman–Crippen LogP) is 3.71. The number of aromatic nitrogens is 1. The third kappa shape index (κ3) is 2.71.